The van der Waals surface area contributed by atoms with Crippen molar-refractivity contribution < 1.29 is 9.59 Å². The van der Waals surface area contributed by atoms with Crippen LogP contribution in [0.4, 0.5) is 0 Å². The number of nitrogens with zero attached hydrogens (tertiary/aromatic N) is 1. The van der Waals surface area contributed by atoms with Crippen LogP contribution in [0.2, 0.25) is 0 Å². The molecular weight excluding hydrogens is 228 g/mol. The van der Waals surface area contributed by atoms with E-state index in [1.54, 1.807) is 0 Å². The lowest BCUT2D eigenvalue weighted by Crippen LogP contribution is -2.61. The van der Waals surface area contributed by atoms with Gasteiger partial charge in [0.2, 0.25) is 11.8 Å². The molecule has 4 nitrogen and oxygen atoms in total. The molecule has 1 N–H and O–H groups in total. The second-order valence-electron chi connectivity index (χ2n) is 5.96. The Bertz CT molecular complexity index is 343. The van der Waals surface area contributed by atoms with Crippen LogP contribution in [0.15, 0.2) is 0 Å². The monoisotopic (exact) mass is 252 g/mol. The first-order valence-corrected chi connectivity index (χ1v) is 7.12. The van der Waals surface area contributed by atoms with Gasteiger partial charge in [-0.05, 0) is 37.5 Å². The average Bonchev–Trinajstić information content (AvgIpc) is 2.32. The molecule has 0 spiro atoms. The van der Waals surface area contributed by atoms with Gasteiger partial charge in [-0.2, -0.15) is 0 Å². The topological polar surface area (TPSA) is 49.4 Å². The van der Waals surface area contributed by atoms with Gasteiger partial charge in [-0.25, -0.2) is 0 Å². The zero-order chi connectivity index (χ0) is 13.3. The maximum absolute atomic E-state index is 12.3. The van der Waals surface area contributed by atoms with Crippen molar-refractivity contribution in [2.24, 2.45) is 11.8 Å². The third-order valence-electron chi connectivity index (χ3n) is 4.43. The van der Waals surface area contributed by atoms with Crippen LogP contribution in [0.25, 0.3) is 0 Å². The van der Waals surface area contributed by atoms with Crippen molar-refractivity contribution in [2.75, 3.05) is 6.54 Å². The fraction of sp³-hybridized carbons (Fsp3) is 0.857. The molecule has 4 unspecified atom stereocenters. The van der Waals surface area contributed by atoms with Crippen molar-refractivity contribution in [3.8, 4) is 0 Å². The molecule has 2 aliphatic rings. The van der Waals surface area contributed by atoms with E-state index < -0.39 is 0 Å². The quantitative estimate of drug-likeness (QED) is 0.810. The van der Waals surface area contributed by atoms with Crippen molar-refractivity contribution in [2.45, 2.75) is 58.5 Å². The van der Waals surface area contributed by atoms with Crippen LogP contribution in [0.5, 0.6) is 0 Å². The highest BCUT2D eigenvalue weighted by molar-refractivity contribution is 5.95. The second kappa shape index (κ2) is 5.29. The molecular formula is C14H24N2O2. The van der Waals surface area contributed by atoms with Crippen LogP contribution in [0, 0.1) is 11.8 Å². The molecule has 1 aliphatic heterocycles. The summed E-state index contributed by atoms with van der Waals surface area (Å²) in [5, 5.41) is 2.78. The SMILES string of the molecule is CCC1NC(=O)CN(C2CCC(C)CC2C)C1=O. The van der Waals surface area contributed by atoms with Crippen molar-refractivity contribution in [1.29, 1.82) is 0 Å². The van der Waals surface area contributed by atoms with Gasteiger partial charge in [-0.3, -0.25) is 9.59 Å². The molecule has 2 rings (SSSR count). The van der Waals surface area contributed by atoms with Crippen LogP contribution in [-0.4, -0.2) is 35.3 Å². The largest absolute Gasteiger partial charge is 0.343 e. The summed E-state index contributed by atoms with van der Waals surface area (Å²) in [4.78, 5) is 25.9. The van der Waals surface area contributed by atoms with Crippen LogP contribution in [0.3, 0.4) is 0 Å². The third-order valence-corrected chi connectivity index (χ3v) is 4.43. The fourth-order valence-electron chi connectivity index (χ4n) is 3.40. The fourth-order valence-corrected chi connectivity index (χ4v) is 3.40. The average molecular weight is 252 g/mol. The second-order valence-corrected chi connectivity index (χ2v) is 5.96. The molecule has 0 aromatic carbocycles. The summed E-state index contributed by atoms with van der Waals surface area (Å²) in [7, 11) is 0. The first kappa shape index (κ1) is 13.4. The summed E-state index contributed by atoms with van der Waals surface area (Å²) < 4.78 is 0. The molecule has 2 fully saturated rings. The Morgan fingerprint density at radius 2 is 2.00 bits per heavy atom. The summed E-state index contributed by atoms with van der Waals surface area (Å²) >= 11 is 0. The molecule has 0 radical (unpaired) electrons. The zero-order valence-corrected chi connectivity index (χ0v) is 11.6. The first-order valence-electron chi connectivity index (χ1n) is 7.12. The lowest BCUT2D eigenvalue weighted by molar-refractivity contribution is -0.148. The number of nitrogens with one attached hydrogen (secondary N) is 1. The van der Waals surface area contributed by atoms with Crippen molar-refractivity contribution in [3.63, 3.8) is 0 Å². The third kappa shape index (κ3) is 2.52. The Morgan fingerprint density at radius 1 is 1.28 bits per heavy atom. The van der Waals surface area contributed by atoms with E-state index in [0.29, 0.717) is 12.3 Å². The molecule has 2 amide bonds. The number of carbonyl (C=O) groups is 2. The van der Waals surface area contributed by atoms with Crippen LogP contribution < -0.4 is 5.32 Å². The predicted molar refractivity (Wildman–Crippen MR) is 69.9 cm³/mol. The summed E-state index contributed by atoms with van der Waals surface area (Å²) in [5.41, 5.74) is 0. The summed E-state index contributed by atoms with van der Waals surface area (Å²) in [6.07, 6.45) is 4.04. The number of carbonyl (C=O) groups excluding carboxylic acids is 2. The Kier molecular flexibility index (Phi) is 3.93. The minimum Gasteiger partial charge on any atom is -0.343 e. The Hall–Kier alpha value is -1.06. The van der Waals surface area contributed by atoms with E-state index >= 15 is 0 Å². The molecule has 0 aromatic rings. The van der Waals surface area contributed by atoms with E-state index in [4.69, 9.17) is 0 Å². The Morgan fingerprint density at radius 3 is 2.61 bits per heavy atom. The minimum atomic E-state index is -0.308. The summed E-state index contributed by atoms with van der Waals surface area (Å²) in [6, 6.07) is -0.0494. The summed E-state index contributed by atoms with van der Waals surface area (Å²) in [6.45, 7) is 6.67. The van der Waals surface area contributed by atoms with Gasteiger partial charge in [0.25, 0.3) is 0 Å². The van der Waals surface area contributed by atoms with Crippen molar-refractivity contribution in [1.82, 2.24) is 10.2 Å². The first-order chi connectivity index (χ1) is 8.52. The Labute approximate surface area is 109 Å². The number of amides is 2. The molecule has 102 valence electrons. The molecule has 1 aliphatic carbocycles. The van der Waals surface area contributed by atoms with Crippen molar-refractivity contribution >= 4 is 11.8 Å². The van der Waals surface area contributed by atoms with E-state index in [-0.39, 0.29) is 30.4 Å². The summed E-state index contributed by atoms with van der Waals surface area (Å²) in [5.74, 6) is 1.35. The predicted octanol–water partition coefficient (Wildman–Crippen LogP) is 1.55. The van der Waals surface area contributed by atoms with Gasteiger partial charge >= 0.3 is 0 Å². The standard InChI is InChI=1S/C14H24N2O2/c1-4-11-14(18)16(8-13(17)15-11)12-6-5-9(2)7-10(12)3/h9-12H,4-8H2,1-3H3,(H,15,17). The zero-order valence-electron chi connectivity index (χ0n) is 11.6. The maximum Gasteiger partial charge on any atom is 0.245 e. The van der Waals surface area contributed by atoms with E-state index in [1.165, 1.54) is 0 Å². The highest BCUT2D eigenvalue weighted by Gasteiger charge is 2.39. The lowest BCUT2D eigenvalue weighted by atomic mass is 9.78. The molecule has 4 atom stereocenters. The normalized spacial score (nSPS) is 37.6. The van der Waals surface area contributed by atoms with Gasteiger partial charge in [0.15, 0.2) is 0 Å². The van der Waals surface area contributed by atoms with Gasteiger partial charge in [-0.15, -0.1) is 0 Å². The highest BCUT2D eigenvalue weighted by atomic mass is 16.2. The smallest absolute Gasteiger partial charge is 0.245 e. The van der Waals surface area contributed by atoms with Crippen LogP contribution >= 0.6 is 0 Å². The minimum absolute atomic E-state index is 0.00716. The maximum atomic E-state index is 12.3. The van der Waals surface area contributed by atoms with Gasteiger partial charge in [0.1, 0.15) is 6.04 Å². The van der Waals surface area contributed by atoms with E-state index in [0.717, 1.165) is 25.2 Å². The highest BCUT2D eigenvalue weighted by Crippen LogP contribution is 2.32. The van der Waals surface area contributed by atoms with Gasteiger partial charge in [0.05, 0.1) is 6.54 Å². The number of piperazine rings is 1. The van der Waals surface area contributed by atoms with Gasteiger partial charge in [-0.1, -0.05) is 20.8 Å². The molecule has 1 saturated heterocycles. The van der Waals surface area contributed by atoms with Gasteiger partial charge in [0, 0.05) is 6.04 Å². The molecule has 1 heterocycles. The van der Waals surface area contributed by atoms with Crippen molar-refractivity contribution in [3.05, 3.63) is 0 Å². The van der Waals surface area contributed by atoms with E-state index in [9.17, 15) is 9.59 Å². The van der Waals surface area contributed by atoms with Crippen LogP contribution in [0.1, 0.15) is 46.5 Å². The molecule has 1 saturated carbocycles. The van der Waals surface area contributed by atoms with E-state index in [1.807, 2.05) is 11.8 Å². The van der Waals surface area contributed by atoms with E-state index in [2.05, 4.69) is 19.2 Å². The van der Waals surface area contributed by atoms with Gasteiger partial charge < -0.3 is 10.2 Å². The molecule has 0 bridgehead atoms. The lowest BCUT2D eigenvalue weighted by Gasteiger charge is -2.43. The molecule has 18 heavy (non-hydrogen) atoms. The molecule has 0 aromatic heterocycles. The Balaban J connectivity index is 2.11. The number of hydrogen-bond donors (Lipinski definition) is 1. The molecule has 4 heteroatoms. The van der Waals surface area contributed by atoms with Crippen LogP contribution in [-0.2, 0) is 9.59 Å². The number of hydrogen-bond acceptors (Lipinski definition) is 2. The number of rotatable bonds is 2.